The summed E-state index contributed by atoms with van der Waals surface area (Å²) in [6, 6.07) is -4.76. The summed E-state index contributed by atoms with van der Waals surface area (Å²) < 4.78 is 31.7. The maximum atomic E-state index is 14.3. The molecule has 0 aliphatic heterocycles. The number of nitrogens with two attached hydrogens (primary N) is 4. The molecular formula is C57H91F3N14O18. The Balaban J connectivity index is 0.0000111. The molecule has 0 unspecified atom stereocenters. The molecule has 21 N–H and O–H groups in total. The van der Waals surface area contributed by atoms with Gasteiger partial charge in [0.1, 0.15) is 48.3 Å². The highest BCUT2D eigenvalue weighted by molar-refractivity contribution is 5.98. The molecule has 1 aromatic carbocycles. The van der Waals surface area contributed by atoms with Crippen molar-refractivity contribution in [2.24, 2.45) is 51.6 Å². The van der Waals surface area contributed by atoms with Crippen molar-refractivity contribution in [2.45, 2.75) is 193 Å². The topological polar surface area (TPSA) is 545 Å². The number of hydrogen-bond donors (Lipinski definition) is 17. The van der Waals surface area contributed by atoms with Gasteiger partial charge in [0.05, 0.1) is 12.6 Å². The van der Waals surface area contributed by atoms with Gasteiger partial charge < -0.3 is 91.2 Å². The van der Waals surface area contributed by atoms with E-state index in [0.717, 1.165) is 0 Å². The van der Waals surface area contributed by atoms with Crippen LogP contribution in [0.4, 0.5) is 13.2 Å². The second-order valence-corrected chi connectivity index (χ2v) is 23.1. The minimum absolute atomic E-state index is 0.0180. The molecule has 32 nitrogen and oxygen atoms in total. The first-order chi connectivity index (χ1) is 42.6. The SMILES string of the molecule is CC(C)C[C@H](NC(=O)[C@H](Cc1ccccc1)NC(=O)[C@H](CCC(=O)O)NC(=O)[C@H](CCC(=O)O)NC(=O)[C@H](CC(C)C)NC(=O)[C@H](CCC(N)=O)NC(=O)[C@H](CCCN=C(N)N)NC(=O)CNC(=O)[C@@H](NC(=O)[C@@H](N)CC(C)C)C(C)C)C(=O)O.O=C(O)C(F)(F)F. The Morgan fingerprint density at radius 3 is 1.28 bits per heavy atom. The molecule has 10 amide bonds. The molecule has 9 atom stereocenters. The fourth-order valence-electron chi connectivity index (χ4n) is 8.42. The highest BCUT2D eigenvalue weighted by atomic mass is 19.4. The van der Waals surface area contributed by atoms with E-state index in [-0.39, 0.29) is 62.4 Å². The number of amides is 10. The Morgan fingerprint density at radius 2 is 0.880 bits per heavy atom. The zero-order valence-electron chi connectivity index (χ0n) is 52.7. The molecule has 0 radical (unpaired) electrons. The molecule has 0 bridgehead atoms. The molecule has 0 aromatic heterocycles. The summed E-state index contributed by atoms with van der Waals surface area (Å²) in [5.74, 6) is -17.5. The standard InChI is InChI=1S/C55H90N14O16.C2HF3O2/c1-28(2)23-33(56)46(76)69-45(31(7)8)53(83)61-27-42(71)62-34(15-12-22-60-55(58)59)47(77)63-35(16-19-41(57)70)49(79)66-38(24-29(3)4)51(81)65-36(17-20-43(72)73)48(78)64-37(18-21-44(74)75)50(80)67-39(26-32-13-10-9-11-14-32)52(82)68-40(54(84)85)25-30(5)6;3-2(4,5)1(6)7/h9-11,13-14,28-31,33-40,45H,12,15-27,56H2,1-8H3,(H2,57,70)(H,61,83)(H,62,71)(H,63,77)(H,64,78)(H,65,81)(H,66,79)(H,67,80)(H,68,82)(H,69,76)(H,72,73)(H,74,75)(H,84,85)(H4,58,59,60);(H,6,7)/t33-,34-,35-,36-,37-,38-,39-,40-,45-;/m0./s1. The Bertz CT molecular complexity index is 2700. The third kappa shape index (κ3) is 35.9. The smallest absolute Gasteiger partial charge is 0.481 e. The van der Waals surface area contributed by atoms with Crippen molar-refractivity contribution < 1.29 is 101 Å². The van der Waals surface area contributed by atoms with Gasteiger partial charge in [0.15, 0.2) is 5.96 Å². The quantitative estimate of drug-likeness (QED) is 0.0194. The second kappa shape index (κ2) is 42.0. The summed E-state index contributed by atoms with van der Waals surface area (Å²) in [7, 11) is 0. The number of rotatable bonds is 41. The van der Waals surface area contributed by atoms with E-state index in [2.05, 4.69) is 52.8 Å². The van der Waals surface area contributed by atoms with Gasteiger partial charge in [0.2, 0.25) is 59.1 Å². The zero-order chi connectivity index (χ0) is 70.7. The van der Waals surface area contributed by atoms with Crippen LogP contribution in [0.5, 0.6) is 0 Å². The van der Waals surface area contributed by atoms with Crippen LogP contribution >= 0.6 is 0 Å². The average Bonchev–Trinajstić information content (AvgIpc) is 0.922. The summed E-state index contributed by atoms with van der Waals surface area (Å²) in [4.78, 5) is 185. The maximum Gasteiger partial charge on any atom is 0.490 e. The third-order valence-corrected chi connectivity index (χ3v) is 13.0. The zero-order valence-corrected chi connectivity index (χ0v) is 52.7. The molecule has 1 aromatic rings. The van der Waals surface area contributed by atoms with Gasteiger partial charge in [-0.25, -0.2) is 9.59 Å². The van der Waals surface area contributed by atoms with Crippen molar-refractivity contribution in [3.8, 4) is 0 Å². The van der Waals surface area contributed by atoms with E-state index >= 15 is 0 Å². The minimum Gasteiger partial charge on any atom is -0.481 e. The predicted molar refractivity (Wildman–Crippen MR) is 323 cm³/mol. The number of alkyl halides is 3. The fourth-order valence-corrected chi connectivity index (χ4v) is 8.42. The minimum atomic E-state index is -5.08. The fraction of sp³-hybridized carbons (Fsp3) is 0.632. The summed E-state index contributed by atoms with van der Waals surface area (Å²) in [5, 5.41) is 58.4. The molecule has 0 saturated heterocycles. The number of aliphatic imine (C=N–C) groups is 1. The van der Waals surface area contributed by atoms with Gasteiger partial charge in [-0.1, -0.05) is 85.7 Å². The highest BCUT2D eigenvalue weighted by Gasteiger charge is 2.39. The number of halogens is 3. The van der Waals surface area contributed by atoms with E-state index in [1.165, 1.54) is 0 Å². The van der Waals surface area contributed by atoms with Crippen LogP contribution in [-0.2, 0) is 73.5 Å². The van der Waals surface area contributed by atoms with Crippen molar-refractivity contribution in [3.63, 3.8) is 0 Å². The van der Waals surface area contributed by atoms with Crippen LogP contribution in [0, 0.1) is 23.7 Å². The highest BCUT2D eigenvalue weighted by Crippen LogP contribution is 2.15. The van der Waals surface area contributed by atoms with E-state index in [0.29, 0.717) is 12.0 Å². The molecule has 0 fully saturated rings. The summed E-state index contributed by atoms with van der Waals surface area (Å²) in [6.07, 6.45) is -8.74. The monoisotopic (exact) mass is 1320 g/mol. The Kier molecular flexibility index (Phi) is 37.8. The van der Waals surface area contributed by atoms with Crippen molar-refractivity contribution >= 4 is 88.9 Å². The van der Waals surface area contributed by atoms with Crippen molar-refractivity contribution in [3.05, 3.63) is 35.9 Å². The van der Waals surface area contributed by atoms with Crippen LogP contribution in [0.15, 0.2) is 35.3 Å². The van der Waals surface area contributed by atoms with Crippen molar-refractivity contribution in [1.29, 1.82) is 0 Å². The van der Waals surface area contributed by atoms with E-state index in [9.17, 15) is 90.8 Å². The summed E-state index contributed by atoms with van der Waals surface area (Å²) in [5.41, 5.74) is 22.9. The number of carbonyl (C=O) groups is 14. The molecule has 0 aliphatic carbocycles. The molecule has 518 valence electrons. The van der Waals surface area contributed by atoms with Gasteiger partial charge in [0, 0.05) is 32.2 Å². The first kappa shape index (κ1) is 82.8. The first-order valence-electron chi connectivity index (χ1n) is 29.4. The van der Waals surface area contributed by atoms with Crippen LogP contribution in [0.2, 0.25) is 0 Å². The normalized spacial score (nSPS) is 14.1. The van der Waals surface area contributed by atoms with Gasteiger partial charge in [-0.2, -0.15) is 13.2 Å². The second-order valence-electron chi connectivity index (χ2n) is 23.1. The van der Waals surface area contributed by atoms with Gasteiger partial charge in [-0.15, -0.1) is 0 Å². The summed E-state index contributed by atoms with van der Waals surface area (Å²) in [6.45, 7) is 13.2. The van der Waals surface area contributed by atoms with Crippen molar-refractivity contribution in [2.75, 3.05) is 13.1 Å². The van der Waals surface area contributed by atoms with E-state index in [1.807, 2.05) is 13.8 Å². The number of primary amides is 1. The number of carboxylic acid groups (broad SMARTS) is 4. The van der Waals surface area contributed by atoms with Gasteiger partial charge in [0.25, 0.3) is 0 Å². The molecule has 0 saturated carbocycles. The number of nitrogens with one attached hydrogen (secondary N) is 9. The lowest BCUT2D eigenvalue weighted by atomic mass is 10.0. The number of nitrogens with zero attached hydrogens (tertiary/aromatic N) is 1. The van der Waals surface area contributed by atoms with Gasteiger partial charge in [-0.3, -0.25) is 62.5 Å². The lowest BCUT2D eigenvalue weighted by molar-refractivity contribution is -0.192. The van der Waals surface area contributed by atoms with E-state index in [4.69, 9.17) is 32.8 Å². The largest absolute Gasteiger partial charge is 0.490 e. The van der Waals surface area contributed by atoms with Crippen LogP contribution < -0.4 is 70.8 Å². The Labute approximate surface area is 529 Å². The maximum absolute atomic E-state index is 14.3. The number of aliphatic carboxylic acids is 4. The first-order valence-corrected chi connectivity index (χ1v) is 29.4. The number of benzene rings is 1. The molecule has 0 aliphatic rings. The lowest BCUT2D eigenvalue weighted by Gasteiger charge is -2.28. The van der Waals surface area contributed by atoms with Gasteiger partial charge in [-0.05, 0) is 80.6 Å². The molecule has 35 heteroatoms. The molecule has 0 heterocycles. The Hall–Kier alpha value is -9.18. The van der Waals surface area contributed by atoms with Crippen molar-refractivity contribution in [1.82, 2.24) is 47.9 Å². The molecule has 92 heavy (non-hydrogen) atoms. The van der Waals surface area contributed by atoms with E-state index in [1.54, 1.807) is 71.9 Å². The number of carboxylic acids is 4. The average molecular weight is 1320 g/mol. The predicted octanol–water partition coefficient (Wildman–Crippen LogP) is -1.89. The molecule has 0 spiro atoms. The lowest BCUT2D eigenvalue weighted by Crippen LogP contribution is -2.60. The van der Waals surface area contributed by atoms with Crippen LogP contribution in [0.25, 0.3) is 0 Å². The van der Waals surface area contributed by atoms with Crippen LogP contribution in [-0.4, -0.2) is 183 Å². The molecule has 1 rings (SSSR count). The third-order valence-electron chi connectivity index (χ3n) is 13.0. The number of hydrogen-bond acceptors (Lipinski definition) is 16. The summed E-state index contributed by atoms with van der Waals surface area (Å²) >= 11 is 0. The van der Waals surface area contributed by atoms with Crippen LogP contribution in [0.3, 0.4) is 0 Å². The van der Waals surface area contributed by atoms with Gasteiger partial charge >= 0.3 is 30.1 Å². The number of guanidine groups is 1. The number of carbonyl (C=O) groups excluding carboxylic acids is 10. The molecular weight excluding hydrogens is 1230 g/mol. The Morgan fingerprint density at radius 1 is 0.489 bits per heavy atom. The van der Waals surface area contributed by atoms with Crippen LogP contribution in [0.1, 0.15) is 132 Å². The van der Waals surface area contributed by atoms with E-state index < -0.39 is 194 Å².